The highest BCUT2D eigenvalue weighted by molar-refractivity contribution is 7.16. The summed E-state index contributed by atoms with van der Waals surface area (Å²) in [7, 11) is 0. The zero-order valence-electron chi connectivity index (χ0n) is 9.45. The van der Waals surface area contributed by atoms with Crippen LogP contribution >= 0.6 is 22.9 Å². The molecule has 3 atom stereocenters. The highest BCUT2D eigenvalue weighted by Gasteiger charge is 2.27. The van der Waals surface area contributed by atoms with Crippen LogP contribution in [0.2, 0.25) is 4.34 Å². The zero-order valence-corrected chi connectivity index (χ0v) is 11.0. The molecule has 1 aliphatic rings. The van der Waals surface area contributed by atoms with E-state index in [9.17, 15) is 5.11 Å². The Morgan fingerprint density at radius 1 is 1.62 bits per heavy atom. The first-order valence-corrected chi connectivity index (χ1v) is 7.06. The molecule has 0 aliphatic carbocycles. The van der Waals surface area contributed by atoms with E-state index in [4.69, 9.17) is 11.6 Å². The summed E-state index contributed by atoms with van der Waals surface area (Å²) in [5, 5.41) is 13.7. The van der Waals surface area contributed by atoms with Crippen LogP contribution in [0.4, 0.5) is 0 Å². The molecule has 90 valence electrons. The van der Waals surface area contributed by atoms with Crippen molar-refractivity contribution in [2.45, 2.75) is 38.3 Å². The van der Waals surface area contributed by atoms with Gasteiger partial charge in [0.15, 0.2) is 0 Å². The Morgan fingerprint density at radius 2 is 2.44 bits per heavy atom. The lowest BCUT2D eigenvalue weighted by Crippen LogP contribution is -2.41. The highest BCUT2D eigenvalue weighted by atomic mass is 35.5. The smallest absolute Gasteiger partial charge is 0.103 e. The van der Waals surface area contributed by atoms with Crippen LogP contribution in [0.5, 0.6) is 0 Å². The summed E-state index contributed by atoms with van der Waals surface area (Å²) >= 11 is 7.36. The van der Waals surface area contributed by atoms with E-state index in [0.717, 1.165) is 28.1 Å². The van der Waals surface area contributed by atoms with Gasteiger partial charge in [-0.3, -0.25) is 0 Å². The number of piperidine rings is 1. The molecule has 2 N–H and O–H groups in total. The maximum Gasteiger partial charge on any atom is 0.103 e. The Labute approximate surface area is 106 Å². The van der Waals surface area contributed by atoms with Crippen LogP contribution < -0.4 is 5.32 Å². The van der Waals surface area contributed by atoms with Crippen molar-refractivity contribution in [3.8, 4) is 0 Å². The number of hydrogen-bond acceptors (Lipinski definition) is 3. The summed E-state index contributed by atoms with van der Waals surface area (Å²) in [4.78, 5) is 0.972. The summed E-state index contributed by atoms with van der Waals surface area (Å²) in [6, 6.07) is 3.97. The van der Waals surface area contributed by atoms with Crippen molar-refractivity contribution >= 4 is 22.9 Å². The molecule has 4 heteroatoms. The van der Waals surface area contributed by atoms with E-state index in [1.165, 1.54) is 24.2 Å². The van der Waals surface area contributed by atoms with Gasteiger partial charge in [0.2, 0.25) is 0 Å². The average molecular weight is 260 g/mol. The van der Waals surface area contributed by atoms with E-state index < -0.39 is 6.10 Å². The zero-order chi connectivity index (χ0) is 11.5. The first-order chi connectivity index (χ1) is 7.70. The van der Waals surface area contributed by atoms with Crippen molar-refractivity contribution in [2.24, 2.45) is 5.92 Å². The Balaban J connectivity index is 2.01. The minimum atomic E-state index is -0.410. The largest absolute Gasteiger partial charge is 0.386 e. The molecule has 2 rings (SSSR count). The Hall–Kier alpha value is -0.0900. The molecule has 1 aliphatic heterocycles. The van der Waals surface area contributed by atoms with Crippen molar-refractivity contribution in [3.63, 3.8) is 0 Å². The van der Waals surface area contributed by atoms with Crippen LogP contribution in [-0.4, -0.2) is 17.7 Å². The van der Waals surface area contributed by atoms with Crippen LogP contribution in [-0.2, 0) is 0 Å². The fourth-order valence-corrected chi connectivity index (χ4v) is 3.44. The molecule has 0 radical (unpaired) electrons. The van der Waals surface area contributed by atoms with E-state index in [1.54, 1.807) is 0 Å². The van der Waals surface area contributed by atoms with Crippen molar-refractivity contribution in [2.75, 3.05) is 6.54 Å². The van der Waals surface area contributed by atoms with E-state index >= 15 is 0 Å². The van der Waals surface area contributed by atoms with Gasteiger partial charge in [-0.1, -0.05) is 24.9 Å². The number of rotatable bonds is 3. The molecule has 0 bridgehead atoms. The van der Waals surface area contributed by atoms with E-state index in [2.05, 4.69) is 12.2 Å². The molecule has 1 fully saturated rings. The molecule has 0 amide bonds. The van der Waals surface area contributed by atoms with Crippen LogP contribution in [0.1, 0.15) is 37.2 Å². The first-order valence-electron chi connectivity index (χ1n) is 5.87. The molecule has 0 aromatic carbocycles. The van der Waals surface area contributed by atoms with E-state index in [-0.39, 0.29) is 6.04 Å². The fourth-order valence-electron chi connectivity index (χ4n) is 2.33. The lowest BCUT2D eigenvalue weighted by Gasteiger charge is -2.32. The van der Waals surface area contributed by atoms with Crippen molar-refractivity contribution < 1.29 is 5.11 Å². The third-order valence-electron chi connectivity index (χ3n) is 3.39. The van der Waals surface area contributed by atoms with Crippen LogP contribution in [0, 0.1) is 5.92 Å². The Kier molecular flexibility index (Phi) is 4.25. The fraction of sp³-hybridized carbons (Fsp3) is 0.667. The van der Waals surface area contributed by atoms with Gasteiger partial charge in [0.25, 0.3) is 0 Å². The van der Waals surface area contributed by atoms with E-state index in [0.29, 0.717) is 0 Å². The predicted molar refractivity (Wildman–Crippen MR) is 69.1 cm³/mol. The topological polar surface area (TPSA) is 32.3 Å². The highest BCUT2D eigenvalue weighted by Crippen LogP contribution is 2.32. The Morgan fingerprint density at radius 3 is 3.06 bits per heavy atom. The molecule has 16 heavy (non-hydrogen) atoms. The van der Waals surface area contributed by atoms with Crippen LogP contribution in [0.3, 0.4) is 0 Å². The van der Waals surface area contributed by atoms with Gasteiger partial charge in [-0.2, -0.15) is 0 Å². The minimum absolute atomic E-state index is 0.188. The summed E-state index contributed by atoms with van der Waals surface area (Å²) in [6.45, 7) is 3.24. The molecule has 1 aromatic heterocycles. The first kappa shape index (κ1) is 12.4. The molecule has 2 heterocycles. The lowest BCUT2D eigenvalue weighted by molar-refractivity contribution is 0.101. The normalized spacial score (nSPS) is 27.9. The van der Waals surface area contributed by atoms with Gasteiger partial charge < -0.3 is 10.4 Å². The summed E-state index contributed by atoms with van der Waals surface area (Å²) in [6.07, 6.45) is 3.08. The molecule has 0 spiro atoms. The third-order valence-corrected chi connectivity index (χ3v) is 4.69. The summed E-state index contributed by atoms with van der Waals surface area (Å²) < 4.78 is 0.747. The predicted octanol–water partition coefficient (Wildman–Crippen LogP) is 3.21. The second-order valence-electron chi connectivity index (χ2n) is 4.45. The second-order valence-corrected chi connectivity index (χ2v) is 6.19. The molecule has 1 saturated heterocycles. The van der Waals surface area contributed by atoms with Gasteiger partial charge in [0.05, 0.1) is 4.34 Å². The summed E-state index contributed by atoms with van der Waals surface area (Å²) in [5.41, 5.74) is 0. The van der Waals surface area contributed by atoms with Crippen molar-refractivity contribution in [1.82, 2.24) is 5.32 Å². The monoisotopic (exact) mass is 259 g/mol. The van der Waals surface area contributed by atoms with Gasteiger partial charge in [-0.05, 0) is 37.4 Å². The summed E-state index contributed by atoms with van der Waals surface area (Å²) in [5.74, 6) is 0.747. The lowest BCUT2D eigenvalue weighted by atomic mass is 9.88. The van der Waals surface area contributed by atoms with Gasteiger partial charge in [0.1, 0.15) is 6.10 Å². The molecular formula is C12H18ClNOS. The van der Waals surface area contributed by atoms with Gasteiger partial charge in [0, 0.05) is 10.9 Å². The number of aliphatic hydroxyl groups excluding tert-OH is 1. The third kappa shape index (κ3) is 2.77. The SMILES string of the molecule is CCC1CCNC(C(O)c2ccc(Cl)s2)C1. The van der Waals surface area contributed by atoms with Crippen LogP contribution in [0.25, 0.3) is 0 Å². The van der Waals surface area contributed by atoms with E-state index in [1.807, 2.05) is 12.1 Å². The van der Waals surface area contributed by atoms with Gasteiger partial charge in [-0.25, -0.2) is 0 Å². The number of nitrogens with one attached hydrogen (secondary N) is 1. The molecule has 2 nitrogen and oxygen atoms in total. The molecule has 3 unspecified atom stereocenters. The second kappa shape index (κ2) is 5.50. The average Bonchev–Trinajstić information content (AvgIpc) is 2.75. The number of aliphatic hydroxyl groups is 1. The number of hydrogen-bond donors (Lipinski definition) is 2. The number of halogens is 1. The maximum absolute atomic E-state index is 10.3. The van der Waals surface area contributed by atoms with Crippen LogP contribution in [0.15, 0.2) is 12.1 Å². The Bertz CT molecular complexity index is 342. The van der Waals surface area contributed by atoms with Crippen molar-refractivity contribution in [3.05, 3.63) is 21.3 Å². The quantitative estimate of drug-likeness (QED) is 0.874. The molecule has 1 aromatic rings. The van der Waals surface area contributed by atoms with Crippen molar-refractivity contribution in [1.29, 1.82) is 0 Å². The standard InChI is InChI=1S/C12H18ClNOS/c1-2-8-5-6-14-9(7-8)12(15)10-3-4-11(13)16-10/h3-4,8-9,12,14-15H,2,5-7H2,1H3. The maximum atomic E-state index is 10.3. The van der Waals surface area contributed by atoms with Gasteiger partial charge in [-0.15, -0.1) is 11.3 Å². The van der Waals surface area contributed by atoms with Gasteiger partial charge >= 0.3 is 0 Å². The minimum Gasteiger partial charge on any atom is -0.386 e. The number of thiophene rings is 1. The molecular weight excluding hydrogens is 242 g/mol. The molecule has 0 saturated carbocycles.